The lowest BCUT2D eigenvalue weighted by molar-refractivity contribution is 0.416. The van der Waals surface area contributed by atoms with Gasteiger partial charge < -0.3 is 10.1 Å². The Bertz CT molecular complexity index is 689. The number of rotatable bonds is 3. The van der Waals surface area contributed by atoms with Gasteiger partial charge in [0.25, 0.3) is 0 Å². The molecule has 1 N–H and O–H groups in total. The van der Waals surface area contributed by atoms with E-state index in [9.17, 15) is 0 Å². The van der Waals surface area contributed by atoms with E-state index >= 15 is 0 Å². The fourth-order valence-corrected chi connectivity index (χ4v) is 2.06. The van der Waals surface area contributed by atoms with Gasteiger partial charge >= 0.3 is 0 Å². The monoisotopic (exact) mass is 268 g/mol. The Morgan fingerprint density at radius 1 is 1.20 bits per heavy atom. The Labute approximate surface area is 118 Å². The summed E-state index contributed by atoms with van der Waals surface area (Å²) in [5.74, 6) is 1.43. The van der Waals surface area contributed by atoms with Crippen LogP contribution in [0.5, 0.6) is 5.75 Å². The maximum absolute atomic E-state index is 9.04. The summed E-state index contributed by atoms with van der Waals surface area (Å²) in [7, 11) is 3.41. The highest BCUT2D eigenvalue weighted by Crippen LogP contribution is 2.33. The zero-order valence-corrected chi connectivity index (χ0v) is 12.0. The van der Waals surface area contributed by atoms with Gasteiger partial charge in [-0.15, -0.1) is 10.2 Å². The number of hydrogen-bond donors (Lipinski definition) is 1. The highest BCUT2D eigenvalue weighted by atomic mass is 16.5. The third-order valence-corrected chi connectivity index (χ3v) is 3.34. The van der Waals surface area contributed by atoms with Crippen LogP contribution in [0, 0.1) is 25.2 Å². The average molecular weight is 268 g/mol. The Balaban J connectivity index is 2.68. The number of hydrogen-bond acceptors (Lipinski definition) is 5. The summed E-state index contributed by atoms with van der Waals surface area (Å²) in [6.45, 7) is 3.97. The summed E-state index contributed by atoms with van der Waals surface area (Å²) < 4.78 is 5.36. The van der Waals surface area contributed by atoms with E-state index in [1.54, 1.807) is 25.3 Å². The van der Waals surface area contributed by atoms with Gasteiger partial charge in [-0.05, 0) is 43.2 Å². The number of methoxy groups -OCH3 is 1. The summed E-state index contributed by atoms with van der Waals surface area (Å²) >= 11 is 0. The smallest absolute Gasteiger partial charge is 0.151 e. The second-order valence-corrected chi connectivity index (χ2v) is 4.42. The van der Waals surface area contributed by atoms with Gasteiger partial charge in [-0.1, -0.05) is 0 Å². The van der Waals surface area contributed by atoms with Crippen LogP contribution in [0.25, 0.3) is 11.3 Å². The molecule has 2 rings (SSSR count). The molecule has 0 spiro atoms. The van der Waals surface area contributed by atoms with Crippen LogP contribution in [0.4, 0.5) is 5.82 Å². The van der Waals surface area contributed by atoms with E-state index in [0.717, 1.165) is 28.2 Å². The van der Waals surface area contributed by atoms with Crippen molar-refractivity contribution in [3.8, 4) is 23.1 Å². The number of nitriles is 1. The molecule has 0 aliphatic rings. The first-order chi connectivity index (χ1) is 9.62. The zero-order valence-electron chi connectivity index (χ0n) is 12.0. The van der Waals surface area contributed by atoms with Gasteiger partial charge in [-0.2, -0.15) is 5.26 Å². The van der Waals surface area contributed by atoms with Gasteiger partial charge in [0.1, 0.15) is 11.4 Å². The summed E-state index contributed by atoms with van der Waals surface area (Å²) in [6.07, 6.45) is 0. The number of ether oxygens (including phenoxy) is 1. The van der Waals surface area contributed by atoms with E-state index in [0.29, 0.717) is 11.3 Å². The average Bonchev–Trinajstić information content (AvgIpc) is 2.49. The first-order valence-electron chi connectivity index (χ1n) is 6.22. The highest BCUT2D eigenvalue weighted by Gasteiger charge is 2.15. The second kappa shape index (κ2) is 5.57. The third kappa shape index (κ3) is 2.28. The molecular formula is C15H16N4O. The number of anilines is 1. The quantitative estimate of drug-likeness (QED) is 0.926. The second-order valence-electron chi connectivity index (χ2n) is 4.42. The van der Waals surface area contributed by atoms with E-state index in [-0.39, 0.29) is 0 Å². The molecule has 0 bridgehead atoms. The highest BCUT2D eigenvalue weighted by molar-refractivity contribution is 5.73. The molecule has 0 atom stereocenters. The molecule has 20 heavy (non-hydrogen) atoms. The first-order valence-corrected chi connectivity index (χ1v) is 6.22. The number of nitrogens with zero attached hydrogens (tertiary/aromatic N) is 3. The van der Waals surface area contributed by atoms with Crippen LogP contribution in [-0.2, 0) is 0 Å². The van der Waals surface area contributed by atoms with Gasteiger partial charge in [0.05, 0.1) is 18.7 Å². The molecule has 0 amide bonds. The fraction of sp³-hybridized carbons (Fsp3) is 0.267. The molecule has 0 aliphatic heterocycles. The van der Waals surface area contributed by atoms with Crippen molar-refractivity contribution < 1.29 is 4.74 Å². The van der Waals surface area contributed by atoms with Crippen molar-refractivity contribution in [2.24, 2.45) is 0 Å². The number of benzene rings is 1. The Morgan fingerprint density at radius 2 is 1.95 bits per heavy atom. The van der Waals surface area contributed by atoms with E-state index < -0.39 is 0 Å². The lowest BCUT2D eigenvalue weighted by atomic mass is 10.0. The van der Waals surface area contributed by atoms with Crippen LogP contribution < -0.4 is 10.1 Å². The topological polar surface area (TPSA) is 70.8 Å². The molecule has 1 aromatic carbocycles. The summed E-state index contributed by atoms with van der Waals surface area (Å²) in [6, 6.07) is 7.40. The van der Waals surface area contributed by atoms with Crippen molar-refractivity contribution in [1.82, 2.24) is 10.2 Å². The molecule has 0 radical (unpaired) electrons. The standard InChI is InChI=1S/C15H16N4O/c1-9-10(2)15(17-3)19-18-14(9)12-7-11(8-16)5-6-13(12)20-4/h5-7H,1-4H3,(H,17,19). The van der Waals surface area contributed by atoms with Crippen LogP contribution >= 0.6 is 0 Å². The summed E-state index contributed by atoms with van der Waals surface area (Å²) in [5.41, 5.74) is 4.12. The van der Waals surface area contributed by atoms with Crippen LogP contribution in [0.3, 0.4) is 0 Å². The Kier molecular flexibility index (Phi) is 3.85. The molecule has 2 aromatic rings. The van der Waals surface area contributed by atoms with E-state index in [1.165, 1.54) is 0 Å². The van der Waals surface area contributed by atoms with Crippen LogP contribution in [0.1, 0.15) is 16.7 Å². The fourth-order valence-electron chi connectivity index (χ4n) is 2.06. The van der Waals surface area contributed by atoms with Gasteiger partial charge in [-0.25, -0.2) is 0 Å². The molecule has 0 fully saturated rings. The van der Waals surface area contributed by atoms with E-state index in [2.05, 4.69) is 21.6 Å². The van der Waals surface area contributed by atoms with Crippen molar-refractivity contribution in [3.05, 3.63) is 34.9 Å². The predicted molar refractivity (Wildman–Crippen MR) is 77.8 cm³/mol. The lowest BCUT2D eigenvalue weighted by Gasteiger charge is -2.13. The molecule has 5 heteroatoms. The minimum atomic E-state index is 0.567. The molecule has 0 saturated heterocycles. The maximum Gasteiger partial charge on any atom is 0.151 e. The SMILES string of the molecule is CNc1nnc(-c2cc(C#N)ccc2OC)c(C)c1C. The normalized spacial score (nSPS) is 9.95. The molecule has 1 heterocycles. The largest absolute Gasteiger partial charge is 0.496 e. The van der Waals surface area contributed by atoms with Crippen LogP contribution in [0.15, 0.2) is 18.2 Å². The van der Waals surface area contributed by atoms with E-state index in [4.69, 9.17) is 10.00 Å². The van der Waals surface area contributed by atoms with E-state index in [1.807, 2.05) is 20.9 Å². The molecule has 1 aromatic heterocycles. The number of aromatic nitrogens is 2. The minimum absolute atomic E-state index is 0.567. The van der Waals surface area contributed by atoms with Crippen molar-refractivity contribution in [2.75, 3.05) is 19.5 Å². The Morgan fingerprint density at radius 3 is 2.55 bits per heavy atom. The molecule has 0 aliphatic carbocycles. The van der Waals surface area contributed by atoms with Gasteiger partial charge in [0, 0.05) is 12.6 Å². The Hall–Kier alpha value is -2.61. The van der Waals surface area contributed by atoms with Crippen LogP contribution in [0.2, 0.25) is 0 Å². The number of nitrogens with one attached hydrogen (secondary N) is 1. The maximum atomic E-state index is 9.04. The lowest BCUT2D eigenvalue weighted by Crippen LogP contribution is -2.03. The third-order valence-electron chi connectivity index (χ3n) is 3.34. The van der Waals surface area contributed by atoms with Crippen LogP contribution in [-0.4, -0.2) is 24.4 Å². The zero-order chi connectivity index (χ0) is 14.7. The van der Waals surface area contributed by atoms with Gasteiger partial charge in [0.15, 0.2) is 5.82 Å². The predicted octanol–water partition coefficient (Wildman–Crippen LogP) is 2.68. The molecule has 102 valence electrons. The van der Waals surface area contributed by atoms with Gasteiger partial charge in [-0.3, -0.25) is 0 Å². The van der Waals surface area contributed by atoms with Crippen molar-refractivity contribution in [2.45, 2.75) is 13.8 Å². The minimum Gasteiger partial charge on any atom is -0.496 e. The first kappa shape index (κ1) is 13.8. The summed E-state index contributed by atoms with van der Waals surface area (Å²) in [4.78, 5) is 0. The molecular weight excluding hydrogens is 252 g/mol. The molecule has 0 saturated carbocycles. The van der Waals surface area contributed by atoms with Crippen molar-refractivity contribution in [1.29, 1.82) is 5.26 Å². The van der Waals surface area contributed by atoms with Crippen molar-refractivity contribution in [3.63, 3.8) is 0 Å². The molecule has 5 nitrogen and oxygen atoms in total. The van der Waals surface area contributed by atoms with Crippen molar-refractivity contribution >= 4 is 5.82 Å². The van der Waals surface area contributed by atoms with Gasteiger partial charge in [0.2, 0.25) is 0 Å². The molecule has 0 unspecified atom stereocenters. The summed E-state index contributed by atoms with van der Waals surface area (Å²) in [5, 5.41) is 20.5.